The molecule has 0 fully saturated rings. The van der Waals surface area contributed by atoms with E-state index in [9.17, 15) is 0 Å². The van der Waals surface area contributed by atoms with Gasteiger partial charge in [0.1, 0.15) is 5.82 Å². The van der Waals surface area contributed by atoms with Crippen LogP contribution < -0.4 is 11.3 Å². The lowest BCUT2D eigenvalue weighted by atomic mass is 10.2. The van der Waals surface area contributed by atoms with Crippen LogP contribution in [0.4, 0.5) is 5.82 Å². The van der Waals surface area contributed by atoms with Crippen LogP contribution in [0.2, 0.25) is 5.02 Å². The molecule has 1 aromatic carbocycles. The molecule has 0 aliphatic heterocycles. The predicted octanol–water partition coefficient (Wildman–Crippen LogP) is 2.74. The van der Waals surface area contributed by atoms with Crippen molar-refractivity contribution in [3.05, 3.63) is 58.7 Å². The molecule has 0 aliphatic carbocycles. The highest BCUT2D eigenvalue weighted by Gasteiger charge is 1.98. The molecule has 4 nitrogen and oxygen atoms in total. The molecule has 3 N–H and O–H groups in total. The topological polar surface area (TPSA) is 60.2 Å². The van der Waals surface area contributed by atoms with Gasteiger partial charge in [-0.2, -0.15) is 0 Å². The van der Waals surface area contributed by atoms with Gasteiger partial charge in [0.15, 0.2) is 0 Å². The number of benzene rings is 1. The van der Waals surface area contributed by atoms with Gasteiger partial charge in [-0.25, -0.2) is 10.8 Å². The number of pyridine rings is 1. The van der Waals surface area contributed by atoms with Crippen molar-refractivity contribution in [2.75, 3.05) is 5.43 Å². The SMILES string of the molecule is NNc1cccc(COCc2ccc(Cl)cc2)n1. The Morgan fingerprint density at radius 3 is 2.61 bits per heavy atom. The third kappa shape index (κ3) is 3.70. The van der Waals surface area contributed by atoms with E-state index in [1.807, 2.05) is 36.4 Å². The number of rotatable bonds is 5. The summed E-state index contributed by atoms with van der Waals surface area (Å²) in [5.41, 5.74) is 4.41. The Morgan fingerprint density at radius 1 is 1.11 bits per heavy atom. The average molecular weight is 264 g/mol. The Hall–Kier alpha value is -1.62. The maximum Gasteiger partial charge on any atom is 0.140 e. The van der Waals surface area contributed by atoms with Crippen LogP contribution in [0.1, 0.15) is 11.3 Å². The molecular weight excluding hydrogens is 250 g/mol. The fourth-order valence-corrected chi connectivity index (χ4v) is 1.62. The second kappa shape index (κ2) is 6.35. The van der Waals surface area contributed by atoms with Crippen molar-refractivity contribution in [3.63, 3.8) is 0 Å². The lowest BCUT2D eigenvalue weighted by Gasteiger charge is -2.05. The monoisotopic (exact) mass is 263 g/mol. The predicted molar refractivity (Wildman–Crippen MR) is 72.0 cm³/mol. The fourth-order valence-electron chi connectivity index (χ4n) is 1.49. The van der Waals surface area contributed by atoms with E-state index in [2.05, 4.69) is 10.4 Å². The van der Waals surface area contributed by atoms with Gasteiger partial charge in [-0.3, -0.25) is 0 Å². The smallest absolute Gasteiger partial charge is 0.140 e. The summed E-state index contributed by atoms with van der Waals surface area (Å²) in [6.07, 6.45) is 0. The number of anilines is 1. The molecule has 1 aromatic heterocycles. The Labute approximate surface area is 111 Å². The van der Waals surface area contributed by atoms with Crippen molar-refractivity contribution in [2.24, 2.45) is 5.84 Å². The molecule has 94 valence electrons. The van der Waals surface area contributed by atoms with Crippen molar-refractivity contribution < 1.29 is 4.74 Å². The molecule has 0 bridgehead atoms. The molecule has 1 heterocycles. The number of ether oxygens (including phenoxy) is 1. The number of nitrogens with one attached hydrogen (secondary N) is 1. The Bertz CT molecular complexity index is 502. The van der Waals surface area contributed by atoms with E-state index in [-0.39, 0.29) is 0 Å². The van der Waals surface area contributed by atoms with Crippen LogP contribution in [0, 0.1) is 0 Å². The van der Waals surface area contributed by atoms with Crippen LogP contribution in [0.25, 0.3) is 0 Å². The first-order valence-corrected chi connectivity index (χ1v) is 5.90. The third-order valence-corrected chi connectivity index (χ3v) is 2.64. The molecule has 0 radical (unpaired) electrons. The molecule has 18 heavy (non-hydrogen) atoms. The van der Waals surface area contributed by atoms with Gasteiger partial charge in [-0.15, -0.1) is 0 Å². The number of hydrogen-bond acceptors (Lipinski definition) is 4. The van der Waals surface area contributed by atoms with E-state index in [0.29, 0.717) is 19.0 Å². The molecule has 2 rings (SSSR count). The van der Waals surface area contributed by atoms with Crippen molar-refractivity contribution in [1.29, 1.82) is 0 Å². The van der Waals surface area contributed by atoms with Crippen LogP contribution in [0.3, 0.4) is 0 Å². The molecule has 0 saturated heterocycles. The highest BCUT2D eigenvalue weighted by molar-refractivity contribution is 6.30. The van der Waals surface area contributed by atoms with E-state index in [0.717, 1.165) is 16.3 Å². The highest BCUT2D eigenvalue weighted by atomic mass is 35.5. The van der Waals surface area contributed by atoms with Crippen molar-refractivity contribution in [1.82, 2.24) is 4.98 Å². The summed E-state index contributed by atoms with van der Waals surface area (Å²) in [4.78, 5) is 4.25. The van der Waals surface area contributed by atoms with Gasteiger partial charge in [-0.05, 0) is 29.8 Å². The van der Waals surface area contributed by atoms with Crippen LogP contribution in [0.15, 0.2) is 42.5 Å². The molecular formula is C13H14ClN3O. The first-order chi connectivity index (χ1) is 8.78. The van der Waals surface area contributed by atoms with Crippen molar-refractivity contribution >= 4 is 17.4 Å². The second-order valence-corrected chi connectivity index (χ2v) is 4.21. The van der Waals surface area contributed by atoms with Crippen LogP contribution in [0.5, 0.6) is 0 Å². The zero-order chi connectivity index (χ0) is 12.8. The van der Waals surface area contributed by atoms with Gasteiger partial charge < -0.3 is 10.2 Å². The molecule has 0 atom stereocenters. The normalized spacial score (nSPS) is 10.3. The minimum Gasteiger partial charge on any atom is -0.370 e. The summed E-state index contributed by atoms with van der Waals surface area (Å²) in [5, 5.41) is 0.724. The van der Waals surface area contributed by atoms with Crippen LogP contribution in [-0.2, 0) is 18.0 Å². The number of hydrogen-bond donors (Lipinski definition) is 2. The summed E-state index contributed by atoms with van der Waals surface area (Å²) in [7, 11) is 0. The molecule has 2 aromatic rings. The fraction of sp³-hybridized carbons (Fsp3) is 0.154. The maximum atomic E-state index is 5.81. The Kier molecular flexibility index (Phi) is 4.52. The number of nitrogens with zero attached hydrogens (tertiary/aromatic N) is 1. The number of hydrazine groups is 1. The van der Waals surface area contributed by atoms with Crippen LogP contribution >= 0.6 is 11.6 Å². The summed E-state index contributed by atoms with van der Waals surface area (Å²) < 4.78 is 5.57. The van der Waals surface area contributed by atoms with E-state index in [1.54, 1.807) is 6.07 Å². The summed E-state index contributed by atoms with van der Waals surface area (Å²) in [5.74, 6) is 5.91. The average Bonchev–Trinajstić information content (AvgIpc) is 2.41. The first kappa shape index (κ1) is 12.8. The standard InChI is InChI=1S/C13H14ClN3O/c14-11-6-4-10(5-7-11)8-18-9-12-2-1-3-13(16-12)17-15/h1-7H,8-9,15H2,(H,16,17). The lowest BCUT2D eigenvalue weighted by molar-refractivity contribution is 0.104. The van der Waals surface area contributed by atoms with E-state index in [4.69, 9.17) is 22.2 Å². The van der Waals surface area contributed by atoms with Crippen LogP contribution in [-0.4, -0.2) is 4.98 Å². The maximum absolute atomic E-state index is 5.81. The van der Waals surface area contributed by atoms with Crippen molar-refractivity contribution in [3.8, 4) is 0 Å². The largest absolute Gasteiger partial charge is 0.370 e. The second-order valence-electron chi connectivity index (χ2n) is 3.78. The number of halogens is 1. The highest BCUT2D eigenvalue weighted by Crippen LogP contribution is 2.11. The molecule has 0 unspecified atom stereocenters. The van der Waals surface area contributed by atoms with Crippen molar-refractivity contribution in [2.45, 2.75) is 13.2 Å². The zero-order valence-corrected chi connectivity index (χ0v) is 10.5. The lowest BCUT2D eigenvalue weighted by Crippen LogP contribution is -2.09. The molecule has 0 spiro atoms. The number of nitrogens with two attached hydrogens (primary N) is 1. The molecule has 0 amide bonds. The van der Waals surface area contributed by atoms with Gasteiger partial charge in [0, 0.05) is 5.02 Å². The van der Waals surface area contributed by atoms with Gasteiger partial charge in [-0.1, -0.05) is 29.8 Å². The van der Waals surface area contributed by atoms with Gasteiger partial charge in [0.25, 0.3) is 0 Å². The van der Waals surface area contributed by atoms with Gasteiger partial charge in [0.05, 0.1) is 18.9 Å². The molecule has 5 heteroatoms. The zero-order valence-electron chi connectivity index (χ0n) is 9.77. The molecule has 0 aliphatic rings. The Balaban J connectivity index is 1.86. The first-order valence-electron chi connectivity index (χ1n) is 5.52. The van der Waals surface area contributed by atoms with E-state index >= 15 is 0 Å². The Morgan fingerprint density at radius 2 is 1.89 bits per heavy atom. The summed E-state index contributed by atoms with van der Waals surface area (Å²) >= 11 is 5.81. The van der Waals surface area contributed by atoms with Gasteiger partial charge in [0.2, 0.25) is 0 Å². The summed E-state index contributed by atoms with van der Waals surface area (Å²) in [6.45, 7) is 0.970. The van der Waals surface area contributed by atoms with E-state index < -0.39 is 0 Å². The van der Waals surface area contributed by atoms with E-state index in [1.165, 1.54) is 0 Å². The summed E-state index contributed by atoms with van der Waals surface area (Å²) in [6, 6.07) is 13.1. The quantitative estimate of drug-likeness (QED) is 0.643. The molecule has 0 saturated carbocycles. The minimum atomic E-state index is 0.443. The number of nitrogen functional groups attached to an aromatic ring is 1. The number of aromatic nitrogens is 1. The third-order valence-electron chi connectivity index (χ3n) is 2.39. The minimum absolute atomic E-state index is 0.443. The van der Waals surface area contributed by atoms with Gasteiger partial charge >= 0.3 is 0 Å².